The van der Waals surface area contributed by atoms with Crippen molar-refractivity contribution in [3.05, 3.63) is 30.1 Å². The molecule has 1 aliphatic carbocycles. The van der Waals surface area contributed by atoms with Gasteiger partial charge in [0.05, 0.1) is 17.2 Å². The summed E-state index contributed by atoms with van der Waals surface area (Å²) < 4.78 is 41.6. The number of alkyl halides is 3. The number of fused-ring (bicyclic) bond motifs is 1. The molecule has 5 rings (SSSR count). The second-order valence-electron chi connectivity index (χ2n) is 9.15. The molecule has 0 amide bonds. The monoisotopic (exact) mass is 416 g/mol. The third kappa shape index (κ3) is 3.19. The van der Waals surface area contributed by atoms with E-state index in [1.807, 2.05) is 0 Å². The summed E-state index contributed by atoms with van der Waals surface area (Å²) in [4.78, 5) is 12.5. The van der Waals surface area contributed by atoms with Crippen LogP contribution in [0.25, 0.3) is 11.0 Å². The zero-order valence-electron chi connectivity index (χ0n) is 16.4. The molecule has 1 spiro atoms. The lowest BCUT2D eigenvalue weighted by atomic mass is 9.61. The molecule has 1 aromatic carbocycles. The van der Waals surface area contributed by atoms with Crippen LogP contribution in [0, 0.1) is 28.6 Å². The predicted molar refractivity (Wildman–Crippen MR) is 106 cm³/mol. The SMILES string of the molecule is N#Cc1ccc(N2CC(C(F)(F)F)[C@@H](CN3CC4(CC(N)C4)C3)C2)c2nccnc12. The number of hydrogen-bond acceptors (Lipinski definition) is 6. The molecule has 2 N–H and O–H groups in total. The van der Waals surface area contributed by atoms with Crippen molar-refractivity contribution < 1.29 is 13.2 Å². The van der Waals surface area contributed by atoms with E-state index >= 15 is 0 Å². The van der Waals surface area contributed by atoms with Crippen LogP contribution in [0.3, 0.4) is 0 Å². The molecule has 1 saturated carbocycles. The minimum absolute atomic E-state index is 0.102. The third-order valence-electron chi connectivity index (χ3n) is 6.93. The number of nitrogens with two attached hydrogens (primary N) is 1. The lowest BCUT2D eigenvalue weighted by Crippen LogP contribution is -2.66. The summed E-state index contributed by atoms with van der Waals surface area (Å²) in [6, 6.07) is 5.64. The van der Waals surface area contributed by atoms with Crippen LogP contribution in [0.1, 0.15) is 18.4 Å². The van der Waals surface area contributed by atoms with E-state index in [9.17, 15) is 18.4 Å². The molecule has 1 unspecified atom stereocenters. The highest BCUT2D eigenvalue weighted by atomic mass is 19.4. The Morgan fingerprint density at radius 3 is 2.47 bits per heavy atom. The Morgan fingerprint density at radius 2 is 1.83 bits per heavy atom. The molecular formula is C21H23F3N6. The van der Waals surface area contributed by atoms with Gasteiger partial charge in [0.1, 0.15) is 17.1 Å². The van der Waals surface area contributed by atoms with Crippen LogP contribution in [0.15, 0.2) is 24.5 Å². The zero-order chi connectivity index (χ0) is 21.1. The van der Waals surface area contributed by atoms with E-state index in [4.69, 9.17) is 5.73 Å². The van der Waals surface area contributed by atoms with Gasteiger partial charge in [0.2, 0.25) is 0 Å². The van der Waals surface area contributed by atoms with Crippen LogP contribution in [-0.4, -0.2) is 59.8 Å². The van der Waals surface area contributed by atoms with Crippen molar-refractivity contribution in [3.8, 4) is 6.07 Å². The van der Waals surface area contributed by atoms with E-state index in [0.29, 0.717) is 35.4 Å². The van der Waals surface area contributed by atoms with Gasteiger partial charge in [0.15, 0.2) is 0 Å². The van der Waals surface area contributed by atoms with Crippen molar-refractivity contribution >= 4 is 16.7 Å². The number of rotatable bonds is 3. The number of anilines is 1. The van der Waals surface area contributed by atoms with Gasteiger partial charge in [-0.25, -0.2) is 0 Å². The lowest BCUT2D eigenvalue weighted by molar-refractivity contribution is -0.183. The molecule has 6 nitrogen and oxygen atoms in total. The molecule has 2 atom stereocenters. The van der Waals surface area contributed by atoms with E-state index < -0.39 is 18.0 Å². The van der Waals surface area contributed by atoms with Crippen molar-refractivity contribution in [2.24, 2.45) is 23.0 Å². The quantitative estimate of drug-likeness (QED) is 0.828. The van der Waals surface area contributed by atoms with Gasteiger partial charge in [-0.05, 0) is 30.4 Å². The van der Waals surface area contributed by atoms with E-state index in [1.165, 1.54) is 12.4 Å². The molecule has 3 heterocycles. The van der Waals surface area contributed by atoms with Crippen LogP contribution in [0.5, 0.6) is 0 Å². The average Bonchev–Trinajstić information content (AvgIpc) is 3.08. The fourth-order valence-electron chi connectivity index (χ4n) is 5.69. The van der Waals surface area contributed by atoms with Crippen molar-refractivity contribution in [1.29, 1.82) is 5.26 Å². The molecule has 3 aliphatic rings. The van der Waals surface area contributed by atoms with Crippen LogP contribution in [0.4, 0.5) is 18.9 Å². The topological polar surface area (TPSA) is 82.1 Å². The number of benzene rings is 1. The number of likely N-dealkylation sites (tertiary alicyclic amines) is 1. The molecule has 30 heavy (non-hydrogen) atoms. The van der Waals surface area contributed by atoms with E-state index in [1.54, 1.807) is 17.0 Å². The molecule has 9 heteroatoms. The molecule has 2 aromatic rings. The largest absolute Gasteiger partial charge is 0.393 e. The molecule has 2 saturated heterocycles. The van der Waals surface area contributed by atoms with E-state index in [-0.39, 0.29) is 18.0 Å². The van der Waals surface area contributed by atoms with Gasteiger partial charge in [-0.2, -0.15) is 18.4 Å². The Balaban J connectivity index is 1.38. The molecule has 3 fully saturated rings. The Hall–Kier alpha value is -2.44. The average molecular weight is 416 g/mol. The summed E-state index contributed by atoms with van der Waals surface area (Å²) in [7, 11) is 0. The number of nitrogens with zero attached hydrogens (tertiary/aromatic N) is 5. The Kier molecular flexibility index (Phi) is 4.42. The van der Waals surface area contributed by atoms with Gasteiger partial charge in [0, 0.05) is 57.1 Å². The maximum Gasteiger partial charge on any atom is 0.393 e. The minimum Gasteiger partial charge on any atom is -0.369 e. The fraction of sp³-hybridized carbons (Fsp3) is 0.571. The zero-order valence-corrected chi connectivity index (χ0v) is 16.4. The predicted octanol–water partition coefficient (Wildman–Crippen LogP) is 2.54. The Bertz CT molecular complexity index is 1000. The summed E-state index contributed by atoms with van der Waals surface area (Å²) in [5.74, 6) is -1.89. The Morgan fingerprint density at radius 1 is 1.13 bits per heavy atom. The number of nitriles is 1. The standard InChI is InChI=1S/C21H23F3N6/c22-21(23,24)16-10-30(9-14(16)8-29-11-20(12-29)5-15(26)6-20)17-2-1-13(7-25)18-19(17)28-4-3-27-18/h1-4,14-16H,5-6,8-12,26H2/t14-,16?/m0/s1. The number of halogens is 3. The molecule has 0 radical (unpaired) electrons. The normalized spacial score (nSPS) is 26.6. The summed E-state index contributed by atoms with van der Waals surface area (Å²) in [6.45, 7) is 2.36. The van der Waals surface area contributed by atoms with E-state index in [0.717, 1.165) is 25.9 Å². The van der Waals surface area contributed by atoms with Gasteiger partial charge in [-0.15, -0.1) is 0 Å². The molecule has 2 aliphatic heterocycles. The highest BCUT2D eigenvalue weighted by molar-refractivity contribution is 5.92. The van der Waals surface area contributed by atoms with Crippen LogP contribution < -0.4 is 10.6 Å². The molecule has 0 bridgehead atoms. The van der Waals surface area contributed by atoms with Crippen molar-refractivity contribution in [1.82, 2.24) is 14.9 Å². The maximum absolute atomic E-state index is 13.9. The first-order valence-electron chi connectivity index (χ1n) is 10.2. The summed E-state index contributed by atoms with van der Waals surface area (Å²) in [5, 5.41) is 9.31. The smallest absolute Gasteiger partial charge is 0.369 e. The van der Waals surface area contributed by atoms with Gasteiger partial charge in [0.25, 0.3) is 0 Å². The summed E-state index contributed by atoms with van der Waals surface area (Å²) in [6.07, 6.45) is 0.710. The van der Waals surface area contributed by atoms with Crippen LogP contribution in [0.2, 0.25) is 0 Å². The minimum atomic E-state index is -4.26. The second-order valence-corrected chi connectivity index (χ2v) is 9.15. The third-order valence-corrected chi connectivity index (χ3v) is 6.93. The number of hydrogen-bond donors (Lipinski definition) is 1. The highest BCUT2D eigenvalue weighted by Gasteiger charge is 2.54. The first-order chi connectivity index (χ1) is 14.3. The number of aromatic nitrogens is 2. The van der Waals surface area contributed by atoms with Gasteiger partial charge in [-0.3, -0.25) is 9.97 Å². The Labute approximate surface area is 172 Å². The first kappa shape index (κ1) is 19.5. The molecule has 1 aromatic heterocycles. The molecule has 158 valence electrons. The summed E-state index contributed by atoms with van der Waals surface area (Å²) in [5.41, 5.74) is 8.03. The van der Waals surface area contributed by atoms with Crippen molar-refractivity contribution in [2.75, 3.05) is 37.6 Å². The van der Waals surface area contributed by atoms with Gasteiger partial charge < -0.3 is 15.5 Å². The molecular weight excluding hydrogens is 393 g/mol. The fourth-order valence-corrected chi connectivity index (χ4v) is 5.69. The maximum atomic E-state index is 13.9. The van der Waals surface area contributed by atoms with Crippen LogP contribution in [-0.2, 0) is 0 Å². The van der Waals surface area contributed by atoms with Crippen molar-refractivity contribution in [3.63, 3.8) is 0 Å². The lowest BCUT2D eigenvalue weighted by Gasteiger charge is -2.59. The highest BCUT2D eigenvalue weighted by Crippen LogP contribution is 2.49. The van der Waals surface area contributed by atoms with E-state index in [2.05, 4.69) is 20.9 Å². The van der Waals surface area contributed by atoms with Gasteiger partial charge in [-0.1, -0.05) is 0 Å². The first-order valence-corrected chi connectivity index (χ1v) is 10.2. The van der Waals surface area contributed by atoms with Crippen LogP contribution >= 0.6 is 0 Å². The summed E-state index contributed by atoms with van der Waals surface area (Å²) >= 11 is 0. The van der Waals surface area contributed by atoms with Gasteiger partial charge >= 0.3 is 6.18 Å². The second kappa shape index (κ2) is 6.79. The van der Waals surface area contributed by atoms with Crippen molar-refractivity contribution in [2.45, 2.75) is 25.1 Å².